The number of rotatable bonds is 8. The van der Waals surface area contributed by atoms with Crippen molar-refractivity contribution in [3.8, 4) is 23.0 Å². The van der Waals surface area contributed by atoms with E-state index in [0.29, 0.717) is 5.70 Å². The number of anilines is 1. The molecule has 226 valence electrons. The molecule has 3 atom stereocenters. The van der Waals surface area contributed by atoms with Crippen LogP contribution in [0.4, 0.5) is 18.9 Å². The molecule has 0 amide bonds. The maximum atomic E-state index is 13.8. The third-order valence-electron chi connectivity index (χ3n) is 7.21. The van der Waals surface area contributed by atoms with Gasteiger partial charge in [-0.1, -0.05) is 24.6 Å². The first-order valence-electron chi connectivity index (χ1n) is 12.6. The third-order valence-corrected chi connectivity index (χ3v) is 7.56. The average molecular weight is 614 g/mol. The average Bonchev–Trinajstić information content (AvgIpc) is 3.26. The van der Waals surface area contributed by atoms with Crippen molar-refractivity contribution in [3.05, 3.63) is 52.2 Å². The summed E-state index contributed by atoms with van der Waals surface area (Å²) in [6, 6.07) is 4.28. The van der Waals surface area contributed by atoms with Gasteiger partial charge in [-0.15, -0.1) is 0 Å². The molecule has 0 bridgehead atoms. The first-order chi connectivity index (χ1) is 19.7. The summed E-state index contributed by atoms with van der Waals surface area (Å²) >= 11 is 6.40. The van der Waals surface area contributed by atoms with Crippen molar-refractivity contribution in [3.63, 3.8) is 0 Å². The monoisotopic (exact) mass is 613 g/mol. The van der Waals surface area contributed by atoms with Gasteiger partial charge < -0.3 is 34.1 Å². The van der Waals surface area contributed by atoms with Gasteiger partial charge in [0.05, 0.1) is 33.6 Å². The molecular weight excluding hydrogens is 587 g/mol. The summed E-state index contributed by atoms with van der Waals surface area (Å²) in [6.45, 7) is 2.54. The van der Waals surface area contributed by atoms with E-state index < -0.39 is 46.4 Å². The molecule has 1 heterocycles. The summed E-state index contributed by atoms with van der Waals surface area (Å²) in [7, 11) is 3.89. The highest BCUT2D eigenvalue weighted by Gasteiger charge is 2.63. The first-order valence-corrected chi connectivity index (χ1v) is 12.9. The summed E-state index contributed by atoms with van der Waals surface area (Å²) in [5, 5.41) is 13.3. The van der Waals surface area contributed by atoms with E-state index in [-0.39, 0.29) is 52.3 Å². The Bertz CT molecular complexity index is 1490. The molecule has 2 aliphatic rings. The zero-order chi connectivity index (χ0) is 31.2. The lowest BCUT2D eigenvalue weighted by Crippen LogP contribution is -2.55. The van der Waals surface area contributed by atoms with Crippen LogP contribution in [0.5, 0.6) is 23.0 Å². The summed E-state index contributed by atoms with van der Waals surface area (Å²) in [4.78, 5) is 39.4. The number of aliphatic hydroxyl groups is 1. The quantitative estimate of drug-likeness (QED) is 0.322. The lowest BCUT2D eigenvalue weighted by molar-refractivity contribution is -0.267. The minimum absolute atomic E-state index is 0.00196. The summed E-state index contributed by atoms with van der Waals surface area (Å²) in [5.41, 5.74) is -6.30. The Balaban J connectivity index is 1.68. The summed E-state index contributed by atoms with van der Waals surface area (Å²) in [5.74, 6) is -3.89. The summed E-state index contributed by atoms with van der Waals surface area (Å²) in [6.07, 6.45) is -4.16. The fraction of sp³-hybridized carbons (Fsp3) is 0.393. The maximum Gasteiger partial charge on any atom is 0.432 e. The van der Waals surface area contributed by atoms with Gasteiger partial charge in [-0.25, -0.2) is 4.79 Å². The molecule has 2 N–H and O–H groups in total. The van der Waals surface area contributed by atoms with Gasteiger partial charge in [0.1, 0.15) is 27.8 Å². The largest absolute Gasteiger partial charge is 0.496 e. The molecule has 2 aromatic carbocycles. The molecular formula is C28H27ClF3NO9. The van der Waals surface area contributed by atoms with Gasteiger partial charge in [-0.3, -0.25) is 9.59 Å². The molecule has 10 nitrogen and oxygen atoms in total. The van der Waals surface area contributed by atoms with Crippen LogP contribution in [0.1, 0.15) is 36.2 Å². The molecule has 1 aliphatic carbocycles. The van der Waals surface area contributed by atoms with Crippen LogP contribution in [0.15, 0.2) is 36.0 Å². The van der Waals surface area contributed by atoms with Crippen molar-refractivity contribution in [2.45, 2.75) is 37.6 Å². The van der Waals surface area contributed by atoms with E-state index in [1.807, 2.05) is 0 Å². The van der Waals surface area contributed by atoms with Crippen molar-refractivity contribution < 1.29 is 56.3 Å². The maximum absolute atomic E-state index is 13.8. The highest BCUT2D eigenvalue weighted by Crippen LogP contribution is 2.53. The number of hydrogen-bond donors (Lipinski definition) is 2. The number of methoxy groups -OCH3 is 3. The van der Waals surface area contributed by atoms with Crippen molar-refractivity contribution in [1.29, 1.82) is 0 Å². The lowest BCUT2D eigenvalue weighted by Gasteiger charge is -2.35. The van der Waals surface area contributed by atoms with E-state index in [1.165, 1.54) is 34.3 Å². The Morgan fingerprint density at radius 2 is 1.76 bits per heavy atom. The molecule has 1 aliphatic heterocycles. The molecule has 0 fully saturated rings. The Kier molecular flexibility index (Phi) is 8.13. The number of esters is 1. The number of hydrogen-bond acceptors (Lipinski definition) is 10. The standard InChI is InChI=1S/C28H27ClF3NO9/c1-6-41-25(36)27(37,28(30,31)32)14-7-8-16(17(10-14)38-3)33-15-9-13(2)26(20(34)11-15)24(35)21-18(39-4)12-19(40-5)22(29)23(21)42-26/h7-8,10-13,33,37H,6,9H2,1-5H3/t13-,26+,27?/m1/s1. The number of Topliss-reactive ketones (excluding diaryl/α,β-unsaturated/α-hetero) is 1. The molecule has 0 saturated carbocycles. The van der Waals surface area contributed by atoms with Crippen LogP contribution in [-0.2, 0) is 19.9 Å². The third kappa shape index (κ3) is 4.60. The normalized spacial score (nSPS) is 21.2. The number of allylic oxidation sites excluding steroid dienone is 1. The predicted octanol–water partition coefficient (Wildman–Crippen LogP) is 4.60. The predicted molar refractivity (Wildman–Crippen MR) is 142 cm³/mol. The number of nitrogens with one attached hydrogen (secondary N) is 1. The SMILES string of the molecule is CCOC(=O)C(O)(c1ccc(NC2=CC(=O)[C@@]3(Oc4c(Cl)c(OC)cc(OC)c4C3=O)[C@H](C)C2)c(OC)c1)C(F)(F)F. The number of ketones is 2. The number of benzene rings is 2. The van der Waals surface area contributed by atoms with Crippen molar-refractivity contribution in [2.75, 3.05) is 33.3 Å². The van der Waals surface area contributed by atoms with Gasteiger partial charge in [0.15, 0.2) is 5.75 Å². The number of alkyl halides is 3. The molecule has 4 rings (SSSR count). The number of carbonyl (C=O) groups excluding carboxylic acids is 3. The number of fused-ring (bicyclic) bond motifs is 1. The fourth-order valence-electron chi connectivity index (χ4n) is 5.04. The Morgan fingerprint density at radius 3 is 2.31 bits per heavy atom. The number of halogens is 4. The van der Waals surface area contributed by atoms with Crippen molar-refractivity contribution in [2.24, 2.45) is 5.92 Å². The van der Waals surface area contributed by atoms with Crippen molar-refractivity contribution >= 4 is 34.8 Å². The molecule has 0 saturated heterocycles. The van der Waals surface area contributed by atoms with Gasteiger partial charge in [-0.05, 0) is 25.5 Å². The van der Waals surface area contributed by atoms with E-state index in [0.717, 1.165) is 24.3 Å². The molecule has 42 heavy (non-hydrogen) atoms. The number of ether oxygens (including phenoxy) is 5. The minimum Gasteiger partial charge on any atom is -0.496 e. The first kappa shape index (κ1) is 31.0. The second-order valence-electron chi connectivity index (χ2n) is 9.57. The number of carbonyl (C=O) groups is 3. The van der Waals surface area contributed by atoms with Gasteiger partial charge >= 0.3 is 12.1 Å². The van der Waals surface area contributed by atoms with E-state index in [2.05, 4.69) is 10.1 Å². The van der Waals surface area contributed by atoms with Crippen LogP contribution in [0.3, 0.4) is 0 Å². The van der Waals surface area contributed by atoms with Crippen LogP contribution >= 0.6 is 11.6 Å². The van der Waals surface area contributed by atoms with E-state index in [1.54, 1.807) is 6.92 Å². The highest BCUT2D eigenvalue weighted by molar-refractivity contribution is 6.36. The molecule has 0 radical (unpaired) electrons. The van der Waals surface area contributed by atoms with E-state index in [4.69, 9.17) is 30.5 Å². The zero-order valence-electron chi connectivity index (χ0n) is 23.1. The smallest absolute Gasteiger partial charge is 0.432 e. The topological polar surface area (TPSA) is 130 Å². The van der Waals surface area contributed by atoms with Gasteiger partial charge in [0, 0.05) is 29.3 Å². The Hall–Kier alpha value is -3.97. The van der Waals surface area contributed by atoms with E-state index >= 15 is 0 Å². The molecule has 0 aromatic heterocycles. The van der Waals surface area contributed by atoms with Crippen LogP contribution in [0.25, 0.3) is 0 Å². The molecule has 1 spiro atoms. The minimum atomic E-state index is -5.40. The van der Waals surface area contributed by atoms with Crippen molar-refractivity contribution in [1.82, 2.24) is 0 Å². The second kappa shape index (κ2) is 11.0. The van der Waals surface area contributed by atoms with Gasteiger partial charge in [0.25, 0.3) is 5.60 Å². The molecule has 14 heteroatoms. The lowest BCUT2D eigenvalue weighted by atomic mass is 9.74. The zero-order valence-corrected chi connectivity index (χ0v) is 23.9. The van der Waals surface area contributed by atoms with Crippen LogP contribution in [-0.4, -0.2) is 62.4 Å². The van der Waals surface area contributed by atoms with Crippen LogP contribution < -0.4 is 24.3 Å². The summed E-state index contributed by atoms with van der Waals surface area (Å²) < 4.78 is 67.7. The van der Waals surface area contributed by atoms with E-state index in [9.17, 15) is 32.7 Å². The van der Waals surface area contributed by atoms with Crippen LogP contribution in [0, 0.1) is 5.92 Å². The second-order valence-corrected chi connectivity index (χ2v) is 9.95. The Labute approximate surface area is 243 Å². The Morgan fingerprint density at radius 1 is 1.12 bits per heavy atom. The molecule has 1 unspecified atom stereocenters. The molecule has 2 aromatic rings. The fourth-order valence-corrected chi connectivity index (χ4v) is 5.31. The van der Waals surface area contributed by atoms with Gasteiger partial charge in [-0.2, -0.15) is 13.2 Å². The highest BCUT2D eigenvalue weighted by atomic mass is 35.5. The van der Waals surface area contributed by atoms with Gasteiger partial charge in [0.2, 0.25) is 17.2 Å². The van der Waals surface area contributed by atoms with Crippen LogP contribution in [0.2, 0.25) is 5.02 Å².